The van der Waals surface area contributed by atoms with Crippen LogP contribution in [0.3, 0.4) is 0 Å². The van der Waals surface area contributed by atoms with Gasteiger partial charge in [-0.1, -0.05) is 48.5 Å². The highest BCUT2D eigenvalue weighted by Gasteiger charge is 2.30. The first-order chi connectivity index (χ1) is 16.4. The molecule has 2 heterocycles. The standard InChI is InChI=1S/C24H20F3N5O2/c25-24(26,27)17-11-9-15(10-12-17)20-23(30-22(32-31-20)18-8-4-5-13-28-18)29-19(14-33)21(34)16-6-2-1-3-7-16/h1-13,19,21,33-34H,14H2,(H,29,30,32). The van der Waals surface area contributed by atoms with Crippen molar-refractivity contribution in [3.63, 3.8) is 0 Å². The van der Waals surface area contributed by atoms with Crippen LogP contribution in [0.5, 0.6) is 0 Å². The third-order valence-corrected chi connectivity index (χ3v) is 5.11. The van der Waals surface area contributed by atoms with Gasteiger partial charge in [-0.25, -0.2) is 4.98 Å². The number of halogens is 3. The molecule has 0 aliphatic carbocycles. The highest BCUT2D eigenvalue weighted by molar-refractivity contribution is 5.72. The minimum Gasteiger partial charge on any atom is -0.394 e. The van der Waals surface area contributed by atoms with E-state index in [4.69, 9.17) is 0 Å². The molecule has 7 nitrogen and oxygen atoms in total. The van der Waals surface area contributed by atoms with E-state index in [9.17, 15) is 23.4 Å². The number of nitrogens with one attached hydrogen (secondary N) is 1. The van der Waals surface area contributed by atoms with Crippen molar-refractivity contribution >= 4 is 5.82 Å². The lowest BCUT2D eigenvalue weighted by molar-refractivity contribution is -0.137. The number of hydrogen-bond donors (Lipinski definition) is 3. The first-order valence-corrected chi connectivity index (χ1v) is 10.3. The third kappa shape index (κ3) is 5.19. The monoisotopic (exact) mass is 467 g/mol. The summed E-state index contributed by atoms with van der Waals surface area (Å²) in [6.07, 6.45) is -4.01. The van der Waals surface area contributed by atoms with Gasteiger partial charge >= 0.3 is 6.18 Å². The fraction of sp³-hybridized carbons (Fsp3) is 0.167. The molecule has 0 spiro atoms. The lowest BCUT2D eigenvalue weighted by Crippen LogP contribution is -2.32. The van der Waals surface area contributed by atoms with Crippen molar-refractivity contribution in [1.29, 1.82) is 0 Å². The van der Waals surface area contributed by atoms with Crippen molar-refractivity contribution in [3.8, 4) is 22.8 Å². The van der Waals surface area contributed by atoms with Gasteiger partial charge in [0, 0.05) is 11.8 Å². The maximum absolute atomic E-state index is 13.0. The number of benzene rings is 2. The average molecular weight is 467 g/mol. The second-order valence-electron chi connectivity index (χ2n) is 7.41. The second kappa shape index (κ2) is 9.94. The minimum atomic E-state index is -4.48. The molecule has 0 aliphatic heterocycles. The van der Waals surface area contributed by atoms with Gasteiger partial charge < -0.3 is 15.5 Å². The van der Waals surface area contributed by atoms with Gasteiger partial charge in [0.15, 0.2) is 5.82 Å². The summed E-state index contributed by atoms with van der Waals surface area (Å²) in [5, 5.41) is 32.0. The Morgan fingerprint density at radius 2 is 1.59 bits per heavy atom. The zero-order valence-electron chi connectivity index (χ0n) is 17.7. The minimum absolute atomic E-state index is 0.129. The predicted octanol–water partition coefficient (Wildman–Crippen LogP) is 4.13. The number of aromatic nitrogens is 4. The van der Waals surface area contributed by atoms with E-state index in [2.05, 4.69) is 25.5 Å². The number of pyridine rings is 1. The van der Waals surface area contributed by atoms with Crippen LogP contribution in [-0.4, -0.2) is 43.0 Å². The number of nitrogens with zero attached hydrogens (tertiary/aromatic N) is 4. The first kappa shape index (κ1) is 23.3. The smallest absolute Gasteiger partial charge is 0.394 e. The van der Waals surface area contributed by atoms with Crippen LogP contribution in [0.2, 0.25) is 0 Å². The Morgan fingerprint density at radius 1 is 0.882 bits per heavy atom. The number of hydrogen-bond acceptors (Lipinski definition) is 7. The molecule has 2 aromatic carbocycles. The maximum Gasteiger partial charge on any atom is 0.416 e. The molecular weight excluding hydrogens is 447 g/mol. The van der Waals surface area contributed by atoms with E-state index >= 15 is 0 Å². The van der Waals surface area contributed by atoms with Crippen LogP contribution >= 0.6 is 0 Å². The van der Waals surface area contributed by atoms with E-state index in [1.54, 1.807) is 54.7 Å². The normalized spacial score (nSPS) is 13.3. The zero-order chi connectivity index (χ0) is 24.1. The molecule has 4 aromatic rings. The van der Waals surface area contributed by atoms with Crippen LogP contribution in [0.25, 0.3) is 22.8 Å². The largest absolute Gasteiger partial charge is 0.416 e. The lowest BCUT2D eigenvalue weighted by atomic mass is 10.0. The topological polar surface area (TPSA) is 104 Å². The number of rotatable bonds is 7. The predicted molar refractivity (Wildman–Crippen MR) is 119 cm³/mol. The fourth-order valence-corrected chi connectivity index (χ4v) is 3.32. The summed E-state index contributed by atoms with van der Waals surface area (Å²) in [6, 6.07) is 17.4. The molecule has 4 rings (SSSR count). The summed E-state index contributed by atoms with van der Waals surface area (Å²) in [6.45, 7) is -0.453. The number of aliphatic hydroxyl groups is 2. The van der Waals surface area contributed by atoms with Gasteiger partial charge in [-0.05, 0) is 29.8 Å². The van der Waals surface area contributed by atoms with Crippen LogP contribution in [0.4, 0.5) is 19.0 Å². The second-order valence-corrected chi connectivity index (χ2v) is 7.41. The van der Waals surface area contributed by atoms with Gasteiger partial charge in [-0.3, -0.25) is 4.98 Å². The molecular formula is C24H20F3N5O2. The van der Waals surface area contributed by atoms with Crippen molar-refractivity contribution < 1.29 is 23.4 Å². The van der Waals surface area contributed by atoms with Gasteiger partial charge in [0.2, 0.25) is 5.82 Å². The molecule has 2 aromatic heterocycles. The molecule has 34 heavy (non-hydrogen) atoms. The van der Waals surface area contributed by atoms with Crippen LogP contribution in [0.15, 0.2) is 79.0 Å². The Kier molecular flexibility index (Phi) is 6.80. The van der Waals surface area contributed by atoms with Crippen LogP contribution in [0, 0.1) is 0 Å². The van der Waals surface area contributed by atoms with Crippen LogP contribution < -0.4 is 5.32 Å². The highest BCUT2D eigenvalue weighted by atomic mass is 19.4. The van der Waals surface area contributed by atoms with Crippen LogP contribution in [0.1, 0.15) is 17.2 Å². The summed E-state index contributed by atoms with van der Waals surface area (Å²) < 4.78 is 39.0. The van der Waals surface area contributed by atoms with Gasteiger partial charge in [0.25, 0.3) is 0 Å². The quantitative estimate of drug-likeness (QED) is 0.376. The Balaban J connectivity index is 1.74. The SMILES string of the molecule is OCC(Nc1nc(-c2ccccn2)nnc1-c1ccc(C(F)(F)F)cc1)C(O)c1ccccc1. The van der Waals surface area contributed by atoms with E-state index in [1.807, 2.05) is 0 Å². The molecule has 0 saturated heterocycles. The molecule has 0 aliphatic rings. The Hall–Kier alpha value is -3.89. The summed E-state index contributed by atoms with van der Waals surface area (Å²) >= 11 is 0. The molecule has 174 valence electrons. The fourth-order valence-electron chi connectivity index (χ4n) is 3.32. The lowest BCUT2D eigenvalue weighted by Gasteiger charge is -2.24. The van der Waals surface area contributed by atoms with Crippen molar-refractivity contribution in [2.45, 2.75) is 18.3 Å². The maximum atomic E-state index is 13.0. The highest BCUT2D eigenvalue weighted by Crippen LogP contribution is 2.33. The molecule has 0 amide bonds. The molecule has 0 fully saturated rings. The molecule has 0 radical (unpaired) electrons. The summed E-state index contributed by atoms with van der Waals surface area (Å²) in [7, 11) is 0. The average Bonchev–Trinajstić information content (AvgIpc) is 2.87. The molecule has 2 atom stereocenters. The van der Waals surface area contributed by atoms with Crippen molar-refractivity contribution in [2.24, 2.45) is 0 Å². The summed E-state index contributed by atoms with van der Waals surface area (Å²) in [5.74, 6) is 0.300. The van der Waals surface area contributed by atoms with Gasteiger partial charge in [-0.15, -0.1) is 10.2 Å². The summed E-state index contributed by atoms with van der Waals surface area (Å²) in [4.78, 5) is 8.66. The van der Waals surface area contributed by atoms with Gasteiger partial charge in [0.05, 0.1) is 18.2 Å². The van der Waals surface area contributed by atoms with E-state index in [0.717, 1.165) is 12.1 Å². The van der Waals surface area contributed by atoms with Crippen LogP contribution in [-0.2, 0) is 6.18 Å². The van der Waals surface area contributed by atoms with E-state index < -0.39 is 30.5 Å². The number of alkyl halides is 3. The van der Waals surface area contributed by atoms with E-state index in [0.29, 0.717) is 16.8 Å². The van der Waals surface area contributed by atoms with Crippen molar-refractivity contribution in [1.82, 2.24) is 20.2 Å². The third-order valence-electron chi connectivity index (χ3n) is 5.11. The Bertz CT molecular complexity index is 1220. The molecule has 10 heteroatoms. The molecule has 2 unspecified atom stereocenters. The van der Waals surface area contributed by atoms with Crippen molar-refractivity contribution in [3.05, 3.63) is 90.1 Å². The van der Waals surface area contributed by atoms with Crippen molar-refractivity contribution in [2.75, 3.05) is 11.9 Å². The first-order valence-electron chi connectivity index (χ1n) is 10.3. The Labute approximate surface area is 193 Å². The van der Waals surface area contributed by atoms with E-state index in [1.165, 1.54) is 12.1 Å². The van der Waals surface area contributed by atoms with E-state index in [-0.39, 0.29) is 17.3 Å². The Morgan fingerprint density at radius 3 is 2.21 bits per heavy atom. The number of anilines is 1. The summed E-state index contributed by atoms with van der Waals surface area (Å²) in [5.41, 5.74) is 0.684. The van der Waals surface area contributed by atoms with Gasteiger partial charge in [-0.2, -0.15) is 13.2 Å². The van der Waals surface area contributed by atoms with Gasteiger partial charge in [0.1, 0.15) is 17.5 Å². The molecule has 3 N–H and O–H groups in total. The zero-order valence-corrected chi connectivity index (χ0v) is 17.7. The molecule has 0 saturated carbocycles. The number of aliphatic hydroxyl groups excluding tert-OH is 2. The molecule has 0 bridgehead atoms.